The molecule has 0 amide bonds. The summed E-state index contributed by atoms with van der Waals surface area (Å²) in [6.45, 7) is 3.18. The maximum absolute atomic E-state index is 10.7. The van der Waals surface area contributed by atoms with E-state index in [0.717, 1.165) is 0 Å². The van der Waals surface area contributed by atoms with Crippen molar-refractivity contribution in [2.24, 2.45) is 0 Å². The molecule has 1 rings (SSSR count). The van der Waals surface area contributed by atoms with Crippen LogP contribution in [0.15, 0.2) is 6.07 Å². The van der Waals surface area contributed by atoms with E-state index in [4.69, 9.17) is 10.8 Å². The number of aryl methyl sites for hydroxylation is 1. The van der Waals surface area contributed by atoms with Crippen LogP contribution in [0.4, 0.5) is 5.69 Å². The Morgan fingerprint density at radius 2 is 2.00 bits per heavy atom. The Hall–Kier alpha value is -1.71. The molecule has 0 atom stereocenters. The van der Waals surface area contributed by atoms with Crippen molar-refractivity contribution < 1.29 is 15.0 Å². The molecular weight excluding hydrogens is 170 g/mol. The van der Waals surface area contributed by atoms with Crippen molar-refractivity contribution in [2.75, 3.05) is 5.73 Å². The third-order valence-electron chi connectivity index (χ3n) is 2.00. The standard InChI is InChI=1S/C9H11NO3/c1-4-3-6(10)5(2)7(8(4)11)9(12)13/h3,11H,10H2,1-2H3,(H,12,13). The third-order valence-corrected chi connectivity index (χ3v) is 2.00. The molecule has 1 aromatic carbocycles. The molecule has 0 radical (unpaired) electrons. The second-order valence-electron chi connectivity index (χ2n) is 2.94. The molecular formula is C9H11NO3. The highest BCUT2D eigenvalue weighted by atomic mass is 16.4. The van der Waals surface area contributed by atoms with E-state index >= 15 is 0 Å². The molecule has 4 N–H and O–H groups in total. The molecule has 4 nitrogen and oxygen atoms in total. The molecule has 0 unspecified atom stereocenters. The Balaban J connectivity index is 3.56. The zero-order valence-corrected chi connectivity index (χ0v) is 7.46. The summed E-state index contributed by atoms with van der Waals surface area (Å²) in [5, 5.41) is 18.2. The van der Waals surface area contributed by atoms with E-state index in [9.17, 15) is 9.90 Å². The summed E-state index contributed by atoms with van der Waals surface area (Å²) in [5.41, 5.74) is 6.69. The van der Waals surface area contributed by atoms with E-state index in [1.165, 1.54) is 0 Å². The minimum absolute atomic E-state index is 0.113. The van der Waals surface area contributed by atoms with Gasteiger partial charge in [-0.3, -0.25) is 0 Å². The Morgan fingerprint density at radius 1 is 1.46 bits per heavy atom. The number of hydrogen-bond acceptors (Lipinski definition) is 3. The first kappa shape index (κ1) is 9.38. The van der Waals surface area contributed by atoms with Gasteiger partial charge in [0.05, 0.1) is 0 Å². The Morgan fingerprint density at radius 3 is 2.46 bits per heavy atom. The fourth-order valence-electron chi connectivity index (χ4n) is 1.19. The van der Waals surface area contributed by atoms with E-state index in [2.05, 4.69) is 0 Å². The van der Waals surface area contributed by atoms with E-state index < -0.39 is 5.97 Å². The van der Waals surface area contributed by atoms with Crippen molar-refractivity contribution >= 4 is 11.7 Å². The van der Waals surface area contributed by atoms with E-state index in [1.807, 2.05) is 0 Å². The first-order valence-corrected chi connectivity index (χ1v) is 3.77. The number of anilines is 1. The quantitative estimate of drug-likeness (QED) is 0.450. The molecule has 0 fully saturated rings. The summed E-state index contributed by atoms with van der Waals surface area (Å²) in [4.78, 5) is 10.7. The maximum atomic E-state index is 10.7. The summed E-state index contributed by atoms with van der Waals surface area (Å²) >= 11 is 0. The van der Waals surface area contributed by atoms with Crippen LogP contribution in [0.1, 0.15) is 21.5 Å². The largest absolute Gasteiger partial charge is 0.507 e. The van der Waals surface area contributed by atoms with Crippen LogP contribution in [0.5, 0.6) is 5.75 Å². The topological polar surface area (TPSA) is 83.6 Å². The predicted octanol–water partition coefficient (Wildman–Crippen LogP) is 1.29. The lowest BCUT2D eigenvalue weighted by atomic mass is 10.0. The number of rotatable bonds is 1. The molecule has 1 aromatic rings. The van der Waals surface area contributed by atoms with Crippen molar-refractivity contribution in [2.45, 2.75) is 13.8 Å². The minimum Gasteiger partial charge on any atom is -0.507 e. The summed E-state index contributed by atoms with van der Waals surface area (Å²) in [6.07, 6.45) is 0. The third kappa shape index (κ3) is 1.42. The lowest BCUT2D eigenvalue weighted by Gasteiger charge is -2.09. The molecule has 4 heteroatoms. The molecule has 0 aliphatic heterocycles. The number of nitrogen functional groups attached to an aromatic ring is 1. The van der Waals surface area contributed by atoms with Crippen LogP contribution in [-0.4, -0.2) is 16.2 Å². The summed E-state index contributed by atoms with van der Waals surface area (Å²) in [6, 6.07) is 1.55. The van der Waals surface area contributed by atoms with Gasteiger partial charge >= 0.3 is 5.97 Å². The highest BCUT2D eigenvalue weighted by Gasteiger charge is 2.16. The van der Waals surface area contributed by atoms with Gasteiger partial charge in [0.1, 0.15) is 11.3 Å². The predicted molar refractivity (Wildman–Crippen MR) is 49.0 cm³/mol. The number of phenols is 1. The van der Waals surface area contributed by atoms with Crippen molar-refractivity contribution in [3.63, 3.8) is 0 Å². The minimum atomic E-state index is -1.16. The Kier molecular flexibility index (Phi) is 2.14. The van der Waals surface area contributed by atoms with Crippen LogP contribution < -0.4 is 5.73 Å². The zero-order valence-electron chi connectivity index (χ0n) is 7.46. The summed E-state index contributed by atoms with van der Waals surface area (Å²) in [5.74, 6) is -1.37. The van der Waals surface area contributed by atoms with Gasteiger partial charge in [-0.05, 0) is 31.0 Å². The number of carboxylic acids is 1. The number of hydrogen-bond donors (Lipinski definition) is 3. The van der Waals surface area contributed by atoms with E-state index in [0.29, 0.717) is 16.8 Å². The van der Waals surface area contributed by atoms with Crippen LogP contribution >= 0.6 is 0 Å². The maximum Gasteiger partial charge on any atom is 0.339 e. The van der Waals surface area contributed by atoms with E-state index in [-0.39, 0.29) is 11.3 Å². The number of carbonyl (C=O) groups is 1. The highest BCUT2D eigenvalue weighted by molar-refractivity contribution is 5.94. The first-order valence-electron chi connectivity index (χ1n) is 3.77. The Labute approximate surface area is 75.6 Å². The normalized spacial score (nSPS) is 10.0. The van der Waals surface area contributed by atoms with Crippen molar-refractivity contribution in [1.82, 2.24) is 0 Å². The van der Waals surface area contributed by atoms with E-state index in [1.54, 1.807) is 19.9 Å². The highest BCUT2D eigenvalue weighted by Crippen LogP contribution is 2.29. The number of aromatic carboxylic acids is 1. The molecule has 0 heterocycles. The number of benzene rings is 1. The van der Waals surface area contributed by atoms with Crippen LogP contribution in [0.3, 0.4) is 0 Å². The summed E-state index contributed by atoms with van der Waals surface area (Å²) < 4.78 is 0. The lowest BCUT2D eigenvalue weighted by molar-refractivity contribution is 0.0693. The van der Waals surface area contributed by atoms with Gasteiger partial charge in [-0.1, -0.05) is 0 Å². The first-order chi connectivity index (χ1) is 5.95. The molecule has 0 spiro atoms. The summed E-state index contributed by atoms with van der Waals surface area (Å²) in [7, 11) is 0. The van der Waals surface area contributed by atoms with Gasteiger partial charge in [-0.25, -0.2) is 4.79 Å². The van der Waals surface area contributed by atoms with Gasteiger partial charge < -0.3 is 15.9 Å². The number of aromatic hydroxyl groups is 1. The molecule has 70 valence electrons. The van der Waals surface area contributed by atoms with Gasteiger partial charge in [0.25, 0.3) is 0 Å². The number of carboxylic acid groups (broad SMARTS) is 1. The lowest BCUT2D eigenvalue weighted by Crippen LogP contribution is -2.04. The van der Waals surface area contributed by atoms with Crippen LogP contribution in [0.25, 0.3) is 0 Å². The molecule has 0 aliphatic carbocycles. The molecule has 13 heavy (non-hydrogen) atoms. The van der Waals surface area contributed by atoms with Gasteiger partial charge in [0.15, 0.2) is 0 Å². The van der Waals surface area contributed by atoms with Crippen LogP contribution in [0, 0.1) is 13.8 Å². The molecule has 0 bridgehead atoms. The Bertz CT molecular complexity index is 345. The van der Waals surface area contributed by atoms with Crippen LogP contribution in [0.2, 0.25) is 0 Å². The monoisotopic (exact) mass is 181 g/mol. The van der Waals surface area contributed by atoms with Crippen molar-refractivity contribution in [1.29, 1.82) is 0 Å². The van der Waals surface area contributed by atoms with Crippen molar-refractivity contribution in [3.05, 3.63) is 22.8 Å². The molecule has 0 saturated carbocycles. The zero-order chi connectivity index (χ0) is 10.2. The SMILES string of the molecule is Cc1cc(N)c(C)c(C(=O)O)c1O. The second kappa shape index (κ2) is 2.97. The molecule has 0 aromatic heterocycles. The second-order valence-corrected chi connectivity index (χ2v) is 2.94. The van der Waals surface area contributed by atoms with Gasteiger partial charge in [0, 0.05) is 5.69 Å². The van der Waals surface area contributed by atoms with Gasteiger partial charge in [0.2, 0.25) is 0 Å². The van der Waals surface area contributed by atoms with Crippen molar-refractivity contribution in [3.8, 4) is 5.75 Å². The van der Waals surface area contributed by atoms with Gasteiger partial charge in [-0.15, -0.1) is 0 Å². The molecule has 0 aliphatic rings. The smallest absolute Gasteiger partial charge is 0.339 e. The molecule has 0 saturated heterocycles. The fraction of sp³-hybridized carbons (Fsp3) is 0.222. The average Bonchev–Trinajstić information content (AvgIpc) is 2.01. The number of nitrogens with two attached hydrogens (primary N) is 1. The van der Waals surface area contributed by atoms with Gasteiger partial charge in [-0.2, -0.15) is 0 Å². The fourth-order valence-corrected chi connectivity index (χ4v) is 1.19. The van der Waals surface area contributed by atoms with Crippen LogP contribution in [-0.2, 0) is 0 Å². The average molecular weight is 181 g/mol.